The van der Waals surface area contributed by atoms with Crippen LogP contribution in [0.2, 0.25) is 0 Å². The van der Waals surface area contributed by atoms with E-state index < -0.39 is 6.03 Å². The number of hydrogen-bond donors (Lipinski definition) is 2. The van der Waals surface area contributed by atoms with E-state index in [1.807, 2.05) is 43.3 Å². The second-order valence-electron chi connectivity index (χ2n) is 4.99. The van der Waals surface area contributed by atoms with Gasteiger partial charge in [-0.15, -0.1) is 0 Å². The highest BCUT2D eigenvalue weighted by atomic mass is 16.6. The van der Waals surface area contributed by atoms with Crippen LogP contribution in [-0.2, 0) is 0 Å². The summed E-state index contributed by atoms with van der Waals surface area (Å²) in [7, 11) is 0. The maximum atomic E-state index is 11.8. The lowest BCUT2D eigenvalue weighted by molar-refractivity contribution is 0.171. The second kappa shape index (κ2) is 6.83. The molecule has 6 nitrogen and oxygen atoms in total. The molecule has 0 aliphatic carbocycles. The Hall–Kier alpha value is -3.02. The van der Waals surface area contributed by atoms with Crippen LogP contribution in [0.25, 0.3) is 0 Å². The molecule has 23 heavy (non-hydrogen) atoms. The van der Waals surface area contributed by atoms with Gasteiger partial charge in [-0.1, -0.05) is 18.2 Å². The highest BCUT2D eigenvalue weighted by Crippen LogP contribution is 2.30. The fraction of sp³-hybridized carbons (Fsp3) is 0.176. The van der Waals surface area contributed by atoms with Gasteiger partial charge in [0, 0.05) is 11.3 Å². The van der Waals surface area contributed by atoms with Gasteiger partial charge in [-0.3, -0.25) is 0 Å². The van der Waals surface area contributed by atoms with Crippen molar-refractivity contribution in [2.45, 2.75) is 6.92 Å². The van der Waals surface area contributed by atoms with Gasteiger partial charge in [0.1, 0.15) is 13.2 Å². The third-order valence-corrected chi connectivity index (χ3v) is 3.32. The number of carbonyl (C=O) groups excluding carboxylic acids is 1. The van der Waals surface area contributed by atoms with Crippen LogP contribution in [0, 0.1) is 0 Å². The molecule has 0 fully saturated rings. The van der Waals surface area contributed by atoms with Gasteiger partial charge in [0.2, 0.25) is 0 Å². The highest BCUT2D eigenvalue weighted by Gasteiger charge is 2.12. The highest BCUT2D eigenvalue weighted by molar-refractivity contribution is 6.00. The molecular weight excluding hydrogens is 294 g/mol. The number of urea groups is 1. The van der Waals surface area contributed by atoms with Crippen molar-refractivity contribution in [1.82, 2.24) is 5.43 Å². The Bertz CT molecular complexity index is 729. The summed E-state index contributed by atoms with van der Waals surface area (Å²) in [4.78, 5) is 11.8. The first-order chi connectivity index (χ1) is 11.2. The minimum Gasteiger partial charge on any atom is -0.486 e. The van der Waals surface area contributed by atoms with E-state index in [-0.39, 0.29) is 0 Å². The van der Waals surface area contributed by atoms with Crippen molar-refractivity contribution in [3.8, 4) is 11.5 Å². The zero-order valence-corrected chi connectivity index (χ0v) is 12.7. The third kappa shape index (κ3) is 3.79. The summed E-state index contributed by atoms with van der Waals surface area (Å²) < 4.78 is 11.0. The number of carbonyl (C=O) groups is 1. The molecule has 0 saturated carbocycles. The average Bonchev–Trinajstić information content (AvgIpc) is 2.60. The zero-order chi connectivity index (χ0) is 16.1. The standard InChI is InChI=1S/C17H17N3O3/c1-12(13-7-8-15-16(11-13)23-10-9-22-15)19-20-17(21)18-14-5-3-2-4-6-14/h2-8,11H,9-10H2,1H3,(H2,18,20,21)/b19-12-. The summed E-state index contributed by atoms with van der Waals surface area (Å²) in [6.07, 6.45) is 0. The van der Waals surface area contributed by atoms with Gasteiger partial charge in [0.05, 0.1) is 5.71 Å². The Morgan fingerprint density at radius 1 is 1.04 bits per heavy atom. The first kappa shape index (κ1) is 14.9. The van der Waals surface area contributed by atoms with E-state index in [1.165, 1.54) is 0 Å². The van der Waals surface area contributed by atoms with Crippen LogP contribution in [0.3, 0.4) is 0 Å². The molecular formula is C17H17N3O3. The lowest BCUT2D eigenvalue weighted by Gasteiger charge is -2.18. The smallest absolute Gasteiger partial charge is 0.339 e. The van der Waals surface area contributed by atoms with Crippen LogP contribution < -0.4 is 20.2 Å². The zero-order valence-electron chi connectivity index (χ0n) is 12.7. The third-order valence-electron chi connectivity index (χ3n) is 3.32. The number of hydrogen-bond acceptors (Lipinski definition) is 4. The van der Waals surface area contributed by atoms with E-state index in [2.05, 4.69) is 15.8 Å². The molecule has 1 heterocycles. The van der Waals surface area contributed by atoms with E-state index in [4.69, 9.17) is 9.47 Å². The Kier molecular flexibility index (Phi) is 4.42. The lowest BCUT2D eigenvalue weighted by Crippen LogP contribution is -2.25. The molecule has 0 atom stereocenters. The number of hydrazone groups is 1. The molecule has 2 aromatic rings. The summed E-state index contributed by atoms with van der Waals surface area (Å²) in [6, 6.07) is 14.4. The molecule has 2 amide bonds. The van der Waals surface area contributed by atoms with Gasteiger partial charge in [-0.25, -0.2) is 10.2 Å². The number of anilines is 1. The molecule has 2 aromatic carbocycles. The van der Waals surface area contributed by atoms with E-state index >= 15 is 0 Å². The molecule has 3 rings (SSSR count). The van der Waals surface area contributed by atoms with Gasteiger partial charge in [-0.05, 0) is 37.3 Å². The molecule has 0 radical (unpaired) electrons. The molecule has 1 aliphatic heterocycles. The van der Waals surface area contributed by atoms with E-state index in [1.54, 1.807) is 12.1 Å². The average molecular weight is 311 g/mol. The number of fused-ring (bicyclic) bond motifs is 1. The van der Waals surface area contributed by atoms with Gasteiger partial charge in [-0.2, -0.15) is 5.10 Å². The van der Waals surface area contributed by atoms with Gasteiger partial charge >= 0.3 is 6.03 Å². The van der Waals surface area contributed by atoms with Crippen molar-refractivity contribution >= 4 is 17.4 Å². The first-order valence-electron chi connectivity index (χ1n) is 7.29. The van der Waals surface area contributed by atoms with E-state index in [0.29, 0.717) is 30.4 Å². The van der Waals surface area contributed by atoms with Crippen molar-refractivity contribution in [2.24, 2.45) is 5.10 Å². The van der Waals surface area contributed by atoms with Crippen molar-refractivity contribution in [1.29, 1.82) is 0 Å². The number of nitrogens with one attached hydrogen (secondary N) is 2. The summed E-state index contributed by atoms with van der Waals surface area (Å²) in [5.74, 6) is 1.42. The largest absolute Gasteiger partial charge is 0.486 e. The lowest BCUT2D eigenvalue weighted by atomic mass is 10.1. The number of ether oxygens (including phenoxy) is 2. The van der Waals surface area contributed by atoms with E-state index in [9.17, 15) is 4.79 Å². The van der Waals surface area contributed by atoms with Gasteiger partial charge in [0.25, 0.3) is 0 Å². The molecule has 0 bridgehead atoms. The minimum atomic E-state index is -0.395. The van der Waals surface area contributed by atoms with Crippen LogP contribution in [0.15, 0.2) is 53.6 Å². The fourth-order valence-corrected chi connectivity index (χ4v) is 2.15. The van der Waals surface area contributed by atoms with Crippen LogP contribution in [0.5, 0.6) is 11.5 Å². The van der Waals surface area contributed by atoms with Gasteiger partial charge < -0.3 is 14.8 Å². The van der Waals surface area contributed by atoms with E-state index in [0.717, 1.165) is 11.3 Å². The van der Waals surface area contributed by atoms with Gasteiger partial charge in [0.15, 0.2) is 11.5 Å². The normalized spacial score (nSPS) is 13.3. The van der Waals surface area contributed by atoms with Crippen molar-refractivity contribution in [2.75, 3.05) is 18.5 Å². The Labute approximate surface area is 134 Å². The summed E-state index contributed by atoms with van der Waals surface area (Å²) in [5.41, 5.74) is 4.71. The maximum Gasteiger partial charge on any atom is 0.339 e. The summed E-state index contributed by atoms with van der Waals surface area (Å²) in [5, 5.41) is 6.79. The number of benzene rings is 2. The molecule has 0 saturated heterocycles. The Balaban J connectivity index is 1.64. The quantitative estimate of drug-likeness (QED) is 0.676. The number of rotatable bonds is 3. The van der Waals surface area contributed by atoms with Crippen molar-refractivity contribution in [3.05, 3.63) is 54.1 Å². The molecule has 118 valence electrons. The first-order valence-corrected chi connectivity index (χ1v) is 7.29. The van der Waals surface area contributed by atoms with Crippen LogP contribution in [0.4, 0.5) is 10.5 Å². The van der Waals surface area contributed by atoms with Crippen molar-refractivity contribution < 1.29 is 14.3 Å². The molecule has 0 spiro atoms. The monoisotopic (exact) mass is 311 g/mol. The molecule has 6 heteroatoms. The van der Waals surface area contributed by atoms with Crippen LogP contribution in [0.1, 0.15) is 12.5 Å². The number of para-hydroxylation sites is 1. The topological polar surface area (TPSA) is 72.0 Å². The predicted molar refractivity (Wildman–Crippen MR) is 88.2 cm³/mol. The Morgan fingerprint density at radius 2 is 1.78 bits per heavy atom. The predicted octanol–water partition coefficient (Wildman–Crippen LogP) is 3.00. The van der Waals surface area contributed by atoms with Crippen molar-refractivity contribution in [3.63, 3.8) is 0 Å². The minimum absolute atomic E-state index is 0.395. The fourth-order valence-electron chi connectivity index (χ4n) is 2.15. The summed E-state index contributed by atoms with van der Waals surface area (Å²) >= 11 is 0. The number of nitrogens with zero attached hydrogens (tertiary/aromatic N) is 1. The second-order valence-corrected chi connectivity index (χ2v) is 4.99. The molecule has 0 aromatic heterocycles. The molecule has 2 N–H and O–H groups in total. The SMILES string of the molecule is C/C(=N/NC(=O)Nc1ccccc1)c1ccc2c(c1)OCCO2. The molecule has 1 aliphatic rings. The Morgan fingerprint density at radius 3 is 2.57 bits per heavy atom. The van der Waals surface area contributed by atoms with Crippen LogP contribution >= 0.6 is 0 Å². The number of amides is 2. The van der Waals surface area contributed by atoms with Crippen LogP contribution in [-0.4, -0.2) is 25.0 Å². The summed E-state index contributed by atoms with van der Waals surface area (Å²) in [6.45, 7) is 2.90. The maximum absolute atomic E-state index is 11.8. The molecule has 0 unspecified atom stereocenters.